The SMILES string of the molecule is Cc1ccc([N+](=O)[O-])c(NCCc2noc(C)n2)n1. The lowest BCUT2D eigenvalue weighted by molar-refractivity contribution is -0.384. The minimum atomic E-state index is -0.465. The predicted molar refractivity (Wildman–Crippen MR) is 66.9 cm³/mol. The van der Waals surface area contributed by atoms with Crippen LogP contribution in [-0.2, 0) is 6.42 Å². The van der Waals surface area contributed by atoms with Crippen LogP contribution in [0.4, 0.5) is 11.5 Å². The summed E-state index contributed by atoms with van der Waals surface area (Å²) < 4.78 is 4.84. The third-order valence-corrected chi connectivity index (χ3v) is 2.42. The molecule has 0 bridgehead atoms. The van der Waals surface area contributed by atoms with Gasteiger partial charge in [-0.2, -0.15) is 4.98 Å². The highest BCUT2D eigenvalue weighted by Gasteiger charge is 2.14. The summed E-state index contributed by atoms with van der Waals surface area (Å²) in [7, 11) is 0. The van der Waals surface area contributed by atoms with Gasteiger partial charge in [-0.1, -0.05) is 5.16 Å². The third kappa shape index (κ3) is 3.24. The Bertz CT molecular complexity index is 596. The van der Waals surface area contributed by atoms with Gasteiger partial charge >= 0.3 is 5.69 Å². The molecule has 0 aliphatic rings. The number of hydrogen-bond acceptors (Lipinski definition) is 7. The second-order valence-corrected chi connectivity index (χ2v) is 3.98. The zero-order valence-electron chi connectivity index (χ0n) is 10.6. The summed E-state index contributed by atoms with van der Waals surface area (Å²) in [4.78, 5) is 18.5. The normalized spacial score (nSPS) is 10.4. The van der Waals surface area contributed by atoms with Crippen LogP contribution in [0, 0.1) is 24.0 Å². The number of aromatic nitrogens is 3. The molecule has 2 rings (SSSR count). The Morgan fingerprint density at radius 2 is 2.16 bits per heavy atom. The van der Waals surface area contributed by atoms with E-state index in [1.165, 1.54) is 6.07 Å². The monoisotopic (exact) mass is 263 g/mol. The van der Waals surface area contributed by atoms with Crippen molar-refractivity contribution in [3.63, 3.8) is 0 Å². The molecule has 0 aromatic carbocycles. The molecule has 8 nitrogen and oxygen atoms in total. The van der Waals surface area contributed by atoms with Crippen LogP contribution in [0.25, 0.3) is 0 Å². The molecule has 0 saturated carbocycles. The largest absolute Gasteiger partial charge is 0.364 e. The van der Waals surface area contributed by atoms with E-state index in [1.54, 1.807) is 19.9 Å². The summed E-state index contributed by atoms with van der Waals surface area (Å²) in [6.45, 7) is 3.92. The molecule has 0 radical (unpaired) electrons. The molecule has 0 saturated heterocycles. The standard InChI is InChI=1S/C11H13N5O3/c1-7-3-4-9(16(17)18)11(13-7)12-6-5-10-14-8(2)19-15-10/h3-4H,5-6H2,1-2H3,(H,12,13). The number of nitrogens with one attached hydrogen (secondary N) is 1. The Balaban J connectivity index is 2.02. The average molecular weight is 263 g/mol. The highest BCUT2D eigenvalue weighted by atomic mass is 16.6. The number of hydrogen-bond donors (Lipinski definition) is 1. The van der Waals surface area contributed by atoms with Gasteiger partial charge in [0.05, 0.1) is 4.92 Å². The van der Waals surface area contributed by atoms with Crippen LogP contribution in [0.2, 0.25) is 0 Å². The number of pyridine rings is 1. The first-order valence-corrected chi connectivity index (χ1v) is 5.71. The molecule has 0 aliphatic carbocycles. The minimum absolute atomic E-state index is 0.0464. The first-order valence-electron chi connectivity index (χ1n) is 5.71. The molecule has 0 spiro atoms. The fourth-order valence-electron chi connectivity index (χ4n) is 1.56. The van der Waals surface area contributed by atoms with Gasteiger partial charge in [-0.3, -0.25) is 10.1 Å². The molecule has 2 aromatic rings. The van der Waals surface area contributed by atoms with Gasteiger partial charge in [0.25, 0.3) is 0 Å². The fraction of sp³-hybridized carbons (Fsp3) is 0.364. The maximum absolute atomic E-state index is 10.9. The molecule has 2 heterocycles. The van der Waals surface area contributed by atoms with Crippen molar-refractivity contribution in [2.75, 3.05) is 11.9 Å². The summed E-state index contributed by atoms with van der Waals surface area (Å²) in [5, 5.41) is 17.5. The maximum atomic E-state index is 10.9. The van der Waals surface area contributed by atoms with E-state index in [4.69, 9.17) is 4.52 Å². The van der Waals surface area contributed by atoms with Gasteiger partial charge in [0.1, 0.15) is 0 Å². The molecule has 1 N–H and O–H groups in total. The average Bonchev–Trinajstić information content (AvgIpc) is 2.75. The zero-order valence-corrected chi connectivity index (χ0v) is 10.6. The Kier molecular flexibility index (Phi) is 3.69. The number of aryl methyl sites for hydroxylation is 2. The molecule has 0 aliphatic heterocycles. The van der Waals surface area contributed by atoms with Crippen LogP contribution in [0.15, 0.2) is 16.7 Å². The molecular weight excluding hydrogens is 250 g/mol. The predicted octanol–water partition coefficient (Wildman–Crippen LogP) is 1.64. The van der Waals surface area contributed by atoms with Crippen LogP contribution in [0.3, 0.4) is 0 Å². The summed E-state index contributed by atoms with van der Waals surface area (Å²) in [5.74, 6) is 1.31. The smallest absolute Gasteiger partial charge is 0.311 e. The molecule has 0 fully saturated rings. The van der Waals surface area contributed by atoms with Gasteiger partial charge in [0.2, 0.25) is 11.7 Å². The highest BCUT2D eigenvalue weighted by Crippen LogP contribution is 2.21. The van der Waals surface area contributed by atoms with Gasteiger partial charge in [-0.15, -0.1) is 0 Å². The molecular formula is C11H13N5O3. The maximum Gasteiger partial charge on any atom is 0.311 e. The second kappa shape index (κ2) is 5.42. The van der Waals surface area contributed by atoms with Crippen molar-refractivity contribution in [2.24, 2.45) is 0 Å². The van der Waals surface area contributed by atoms with E-state index in [2.05, 4.69) is 20.4 Å². The van der Waals surface area contributed by atoms with Crippen LogP contribution in [-0.4, -0.2) is 26.6 Å². The van der Waals surface area contributed by atoms with Gasteiger partial charge in [0.15, 0.2) is 5.82 Å². The molecule has 0 amide bonds. The van der Waals surface area contributed by atoms with E-state index in [1.807, 2.05) is 0 Å². The van der Waals surface area contributed by atoms with Crippen LogP contribution in [0.5, 0.6) is 0 Å². The van der Waals surface area contributed by atoms with Gasteiger partial charge in [0, 0.05) is 31.6 Å². The van der Waals surface area contributed by atoms with Crippen molar-refractivity contribution in [3.05, 3.63) is 39.7 Å². The molecule has 100 valence electrons. The summed E-state index contributed by atoms with van der Waals surface area (Å²) in [5.41, 5.74) is 0.665. The Morgan fingerprint density at radius 3 is 2.79 bits per heavy atom. The number of nitrogens with zero attached hydrogens (tertiary/aromatic N) is 4. The lowest BCUT2D eigenvalue weighted by Gasteiger charge is -2.05. The Labute approximate surface area is 109 Å². The van der Waals surface area contributed by atoms with Crippen molar-refractivity contribution >= 4 is 11.5 Å². The van der Waals surface area contributed by atoms with E-state index in [-0.39, 0.29) is 11.5 Å². The summed E-state index contributed by atoms with van der Waals surface area (Å²) >= 11 is 0. The second-order valence-electron chi connectivity index (χ2n) is 3.98. The van der Waals surface area contributed by atoms with Crippen molar-refractivity contribution in [2.45, 2.75) is 20.3 Å². The number of nitro groups is 1. The van der Waals surface area contributed by atoms with E-state index >= 15 is 0 Å². The van der Waals surface area contributed by atoms with Gasteiger partial charge in [-0.25, -0.2) is 4.98 Å². The summed E-state index contributed by atoms with van der Waals surface area (Å²) in [6.07, 6.45) is 0.504. The van der Waals surface area contributed by atoms with E-state index in [0.717, 1.165) is 0 Å². The van der Waals surface area contributed by atoms with Crippen molar-refractivity contribution in [1.29, 1.82) is 0 Å². The summed E-state index contributed by atoms with van der Waals surface area (Å²) in [6, 6.07) is 3.04. The quantitative estimate of drug-likeness (QED) is 0.645. The van der Waals surface area contributed by atoms with Crippen molar-refractivity contribution in [1.82, 2.24) is 15.1 Å². The number of rotatable bonds is 5. The number of anilines is 1. The van der Waals surface area contributed by atoms with E-state index in [9.17, 15) is 10.1 Å². The topological polar surface area (TPSA) is 107 Å². The Morgan fingerprint density at radius 1 is 1.37 bits per heavy atom. The lowest BCUT2D eigenvalue weighted by Crippen LogP contribution is -2.09. The lowest BCUT2D eigenvalue weighted by atomic mass is 10.3. The molecule has 2 aromatic heterocycles. The minimum Gasteiger partial charge on any atom is -0.364 e. The molecule has 19 heavy (non-hydrogen) atoms. The van der Waals surface area contributed by atoms with Crippen LogP contribution >= 0.6 is 0 Å². The molecule has 0 unspecified atom stereocenters. The first kappa shape index (κ1) is 12.9. The van der Waals surface area contributed by atoms with E-state index < -0.39 is 4.92 Å². The third-order valence-electron chi connectivity index (χ3n) is 2.42. The fourth-order valence-corrected chi connectivity index (χ4v) is 1.56. The first-order chi connectivity index (χ1) is 9.06. The van der Waals surface area contributed by atoms with Crippen molar-refractivity contribution in [3.8, 4) is 0 Å². The van der Waals surface area contributed by atoms with Gasteiger partial charge < -0.3 is 9.84 Å². The van der Waals surface area contributed by atoms with E-state index in [0.29, 0.717) is 30.4 Å². The van der Waals surface area contributed by atoms with Crippen molar-refractivity contribution < 1.29 is 9.45 Å². The van der Waals surface area contributed by atoms with Crippen LogP contribution in [0.1, 0.15) is 17.4 Å². The van der Waals surface area contributed by atoms with Gasteiger partial charge in [-0.05, 0) is 13.0 Å². The molecule has 8 heteroatoms. The Hall–Kier alpha value is -2.51. The van der Waals surface area contributed by atoms with Crippen LogP contribution < -0.4 is 5.32 Å². The molecule has 0 atom stereocenters. The highest BCUT2D eigenvalue weighted by molar-refractivity contribution is 5.56. The zero-order chi connectivity index (χ0) is 13.8.